The molecule has 0 bridgehead atoms. The minimum Gasteiger partial charge on any atom is -0.359 e. The van der Waals surface area contributed by atoms with Crippen LogP contribution < -0.4 is 10.2 Å². The molecule has 1 aromatic carbocycles. The zero-order valence-electron chi connectivity index (χ0n) is 7.96. The molecule has 0 aliphatic carbocycles. The summed E-state index contributed by atoms with van der Waals surface area (Å²) in [4.78, 5) is 13.1. The van der Waals surface area contributed by atoms with Crippen molar-refractivity contribution in [2.75, 3.05) is 24.5 Å². The van der Waals surface area contributed by atoms with Crippen LogP contribution in [0.1, 0.15) is 0 Å². The number of halogens is 2. The van der Waals surface area contributed by atoms with Crippen LogP contribution in [0.4, 0.5) is 5.69 Å². The van der Waals surface area contributed by atoms with E-state index in [9.17, 15) is 4.79 Å². The van der Waals surface area contributed by atoms with Gasteiger partial charge in [-0.15, -0.1) is 0 Å². The molecule has 1 aromatic rings. The average molecular weight is 245 g/mol. The molecule has 3 nitrogen and oxygen atoms in total. The highest BCUT2D eigenvalue weighted by Crippen LogP contribution is 2.28. The predicted molar refractivity (Wildman–Crippen MR) is 61.7 cm³/mol. The Bertz CT molecular complexity index is 395. The van der Waals surface area contributed by atoms with Crippen molar-refractivity contribution < 1.29 is 4.79 Å². The summed E-state index contributed by atoms with van der Waals surface area (Å²) in [6.07, 6.45) is 0. The summed E-state index contributed by atoms with van der Waals surface area (Å²) < 4.78 is 0. The van der Waals surface area contributed by atoms with Gasteiger partial charge in [-0.25, -0.2) is 0 Å². The Kier molecular flexibility index (Phi) is 3.03. The van der Waals surface area contributed by atoms with Gasteiger partial charge in [-0.2, -0.15) is 0 Å². The number of hydrogen-bond donors (Lipinski definition) is 1. The second-order valence-electron chi connectivity index (χ2n) is 3.37. The second-order valence-corrected chi connectivity index (χ2v) is 4.21. The van der Waals surface area contributed by atoms with Crippen LogP contribution >= 0.6 is 23.2 Å². The van der Waals surface area contributed by atoms with Gasteiger partial charge in [-0.3, -0.25) is 4.79 Å². The Morgan fingerprint density at radius 3 is 2.80 bits per heavy atom. The fourth-order valence-corrected chi connectivity index (χ4v) is 2.11. The maximum atomic E-state index is 11.2. The lowest BCUT2D eigenvalue weighted by Gasteiger charge is -2.29. The highest BCUT2D eigenvalue weighted by atomic mass is 35.5. The SMILES string of the molecule is O=C1CN(c2ccc(Cl)cc2Cl)CCN1. The standard InChI is InChI=1S/C10H10Cl2N2O/c11-7-1-2-9(8(12)5-7)14-4-3-13-10(15)6-14/h1-2,5H,3-4,6H2,(H,13,15). The van der Waals surface area contributed by atoms with Gasteiger partial charge in [-0.05, 0) is 18.2 Å². The van der Waals surface area contributed by atoms with Crippen molar-refractivity contribution >= 4 is 34.8 Å². The van der Waals surface area contributed by atoms with E-state index in [1.54, 1.807) is 12.1 Å². The third-order valence-corrected chi connectivity index (χ3v) is 2.83. The minimum absolute atomic E-state index is 0.0206. The van der Waals surface area contributed by atoms with Crippen LogP contribution in [-0.4, -0.2) is 25.5 Å². The summed E-state index contributed by atoms with van der Waals surface area (Å²) >= 11 is 11.9. The van der Waals surface area contributed by atoms with Crippen LogP contribution in [-0.2, 0) is 4.79 Å². The molecule has 1 aliphatic heterocycles. The Labute approximate surface area is 98.0 Å². The van der Waals surface area contributed by atoms with E-state index in [2.05, 4.69) is 5.32 Å². The summed E-state index contributed by atoms with van der Waals surface area (Å²) in [7, 11) is 0. The fourth-order valence-electron chi connectivity index (χ4n) is 1.58. The van der Waals surface area contributed by atoms with E-state index < -0.39 is 0 Å². The largest absolute Gasteiger partial charge is 0.359 e. The first-order valence-corrected chi connectivity index (χ1v) is 5.39. The van der Waals surface area contributed by atoms with Gasteiger partial charge in [0.15, 0.2) is 0 Å². The Balaban J connectivity index is 2.24. The molecule has 1 aliphatic rings. The molecule has 2 rings (SSSR count). The first-order valence-electron chi connectivity index (χ1n) is 4.63. The number of carbonyl (C=O) groups is 1. The van der Waals surface area contributed by atoms with Crippen LogP contribution in [0.5, 0.6) is 0 Å². The van der Waals surface area contributed by atoms with Crippen LogP contribution in [0.25, 0.3) is 0 Å². The lowest BCUT2D eigenvalue weighted by Crippen LogP contribution is -2.47. The first-order chi connectivity index (χ1) is 7.16. The smallest absolute Gasteiger partial charge is 0.239 e. The maximum Gasteiger partial charge on any atom is 0.239 e. The lowest BCUT2D eigenvalue weighted by molar-refractivity contribution is -0.120. The van der Waals surface area contributed by atoms with Gasteiger partial charge in [0.1, 0.15) is 0 Å². The molecule has 0 atom stereocenters. The second kappa shape index (κ2) is 4.29. The van der Waals surface area contributed by atoms with E-state index >= 15 is 0 Å². The number of amides is 1. The Hall–Kier alpha value is -0.930. The number of benzene rings is 1. The van der Waals surface area contributed by atoms with Crippen LogP contribution in [0.15, 0.2) is 18.2 Å². The number of hydrogen-bond acceptors (Lipinski definition) is 2. The predicted octanol–water partition coefficient (Wildman–Crippen LogP) is 1.93. The Morgan fingerprint density at radius 2 is 2.13 bits per heavy atom. The molecule has 0 unspecified atom stereocenters. The minimum atomic E-state index is 0.0206. The Morgan fingerprint density at radius 1 is 1.33 bits per heavy atom. The first kappa shape index (κ1) is 10.6. The van der Waals surface area contributed by atoms with E-state index in [1.807, 2.05) is 11.0 Å². The molecule has 1 N–H and O–H groups in total. The van der Waals surface area contributed by atoms with Gasteiger partial charge in [-0.1, -0.05) is 23.2 Å². The zero-order valence-corrected chi connectivity index (χ0v) is 9.48. The molecular weight excluding hydrogens is 235 g/mol. The van der Waals surface area contributed by atoms with E-state index in [-0.39, 0.29) is 5.91 Å². The molecule has 1 amide bonds. The number of piperazine rings is 1. The van der Waals surface area contributed by atoms with Crippen LogP contribution in [0.3, 0.4) is 0 Å². The van der Waals surface area contributed by atoms with Crippen molar-refractivity contribution in [1.82, 2.24) is 5.32 Å². The highest BCUT2D eigenvalue weighted by molar-refractivity contribution is 6.36. The van der Waals surface area contributed by atoms with E-state index in [4.69, 9.17) is 23.2 Å². The van der Waals surface area contributed by atoms with Crippen LogP contribution in [0.2, 0.25) is 10.0 Å². The molecule has 1 fully saturated rings. The van der Waals surface area contributed by atoms with Crippen LogP contribution in [0, 0.1) is 0 Å². The van der Waals surface area contributed by atoms with Gasteiger partial charge >= 0.3 is 0 Å². The summed E-state index contributed by atoms with van der Waals surface area (Å²) in [5, 5.41) is 3.95. The van der Waals surface area contributed by atoms with Gasteiger partial charge in [0.05, 0.1) is 17.3 Å². The van der Waals surface area contributed by atoms with Crippen molar-refractivity contribution in [3.63, 3.8) is 0 Å². The van der Waals surface area contributed by atoms with E-state index in [0.29, 0.717) is 23.1 Å². The van der Waals surface area contributed by atoms with E-state index in [0.717, 1.165) is 12.2 Å². The molecule has 5 heteroatoms. The number of nitrogens with zero attached hydrogens (tertiary/aromatic N) is 1. The molecule has 0 radical (unpaired) electrons. The number of rotatable bonds is 1. The molecule has 0 aromatic heterocycles. The fraction of sp³-hybridized carbons (Fsp3) is 0.300. The van der Waals surface area contributed by atoms with Gasteiger partial charge in [0.2, 0.25) is 5.91 Å². The molecule has 1 heterocycles. The third-order valence-electron chi connectivity index (χ3n) is 2.29. The number of anilines is 1. The summed E-state index contributed by atoms with van der Waals surface area (Å²) in [6, 6.07) is 5.30. The normalized spacial score (nSPS) is 16.4. The zero-order chi connectivity index (χ0) is 10.8. The molecule has 0 spiro atoms. The average Bonchev–Trinajstić information content (AvgIpc) is 2.17. The number of nitrogens with one attached hydrogen (secondary N) is 1. The lowest BCUT2D eigenvalue weighted by atomic mass is 10.2. The molecule has 80 valence electrons. The quantitative estimate of drug-likeness (QED) is 0.819. The van der Waals surface area contributed by atoms with Gasteiger partial charge in [0, 0.05) is 18.1 Å². The van der Waals surface area contributed by atoms with Crippen molar-refractivity contribution in [3.8, 4) is 0 Å². The summed E-state index contributed by atoms with van der Waals surface area (Å²) in [5.74, 6) is 0.0206. The van der Waals surface area contributed by atoms with Gasteiger partial charge in [0.25, 0.3) is 0 Å². The van der Waals surface area contributed by atoms with Crippen molar-refractivity contribution in [2.24, 2.45) is 0 Å². The third kappa shape index (κ3) is 2.36. The molecule has 15 heavy (non-hydrogen) atoms. The molecule has 1 saturated heterocycles. The van der Waals surface area contributed by atoms with Gasteiger partial charge < -0.3 is 10.2 Å². The molecule has 0 saturated carbocycles. The summed E-state index contributed by atoms with van der Waals surface area (Å²) in [6.45, 7) is 1.77. The maximum absolute atomic E-state index is 11.2. The van der Waals surface area contributed by atoms with Crippen molar-refractivity contribution in [3.05, 3.63) is 28.2 Å². The van der Waals surface area contributed by atoms with Crippen molar-refractivity contribution in [1.29, 1.82) is 0 Å². The monoisotopic (exact) mass is 244 g/mol. The molecular formula is C10H10Cl2N2O. The number of carbonyl (C=O) groups excluding carboxylic acids is 1. The topological polar surface area (TPSA) is 32.3 Å². The van der Waals surface area contributed by atoms with Crippen molar-refractivity contribution in [2.45, 2.75) is 0 Å². The highest BCUT2D eigenvalue weighted by Gasteiger charge is 2.18. The van der Waals surface area contributed by atoms with E-state index in [1.165, 1.54) is 0 Å². The summed E-state index contributed by atoms with van der Waals surface area (Å²) in [5.41, 5.74) is 0.857.